The summed E-state index contributed by atoms with van der Waals surface area (Å²) in [4.78, 5) is 11.1. The molecule has 26 heavy (non-hydrogen) atoms. The Bertz CT molecular complexity index is 873. The maximum atomic E-state index is 5.59. The zero-order valence-corrected chi connectivity index (χ0v) is 14.9. The molecule has 1 fully saturated rings. The van der Waals surface area contributed by atoms with Crippen LogP contribution in [0.2, 0.25) is 0 Å². The van der Waals surface area contributed by atoms with E-state index in [4.69, 9.17) is 4.52 Å². The second-order valence-electron chi connectivity index (χ2n) is 6.72. The molecule has 1 aliphatic heterocycles. The molecule has 1 saturated heterocycles. The summed E-state index contributed by atoms with van der Waals surface area (Å²) in [6, 6.07) is 14.4. The Morgan fingerprint density at radius 2 is 2.00 bits per heavy atom. The van der Waals surface area contributed by atoms with Gasteiger partial charge in [-0.15, -0.1) is 0 Å². The standard InChI is InChI=1S/C21H22N4O/c1-16(14-17-6-3-2-4-7-17)15-25-13-5-8-19(25)21-23-20(24-26-21)18-9-11-22-12-10-18/h2-4,6-7,9-12,14,19H,5,8,13,15H2,1H3. The number of likely N-dealkylation sites (tertiary alicyclic amines) is 1. The van der Waals surface area contributed by atoms with Crippen molar-refractivity contribution in [1.29, 1.82) is 0 Å². The van der Waals surface area contributed by atoms with Gasteiger partial charge in [-0.2, -0.15) is 4.98 Å². The molecule has 5 heteroatoms. The van der Waals surface area contributed by atoms with Crippen LogP contribution >= 0.6 is 0 Å². The lowest BCUT2D eigenvalue weighted by atomic mass is 10.1. The van der Waals surface area contributed by atoms with Crippen LogP contribution in [-0.4, -0.2) is 33.1 Å². The second-order valence-corrected chi connectivity index (χ2v) is 6.72. The highest BCUT2D eigenvalue weighted by molar-refractivity contribution is 5.53. The highest BCUT2D eigenvalue weighted by Crippen LogP contribution is 2.32. The van der Waals surface area contributed by atoms with Gasteiger partial charge in [0.1, 0.15) is 0 Å². The summed E-state index contributed by atoms with van der Waals surface area (Å²) in [6.45, 7) is 4.14. The SMILES string of the molecule is CC(=Cc1ccccc1)CN1CCCC1c1nc(-c2ccncc2)no1. The van der Waals surface area contributed by atoms with Gasteiger partial charge < -0.3 is 4.52 Å². The molecule has 0 spiro atoms. The fourth-order valence-corrected chi connectivity index (χ4v) is 3.48. The lowest BCUT2D eigenvalue weighted by molar-refractivity contribution is 0.222. The van der Waals surface area contributed by atoms with E-state index in [2.05, 4.69) is 57.3 Å². The summed E-state index contributed by atoms with van der Waals surface area (Å²) in [5.41, 5.74) is 3.50. The summed E-state index contributed by atoms with van der Waals surface area (Å²) < 4.78 is 5.59. The van der Waals surface area contributed by atoms with Gasteiger partial charge in [-0.05, 0) is 44.0 Å². The Kier molecular flexibility index (Phi) is 4.88. The molecule has 132 valence electrons. The van der Waals surface area contributed by atoms with Crippen LogP contribution in [0.1, 0.15) is 37.3 Å². The lowest BCUT2D eigenvalue weighted by Gasteiger charge is -2.21. The van der Waals surface area contributed by atoms with E-state index in [-0.39, 0.29) is 6.04 Å². The second kappa shape index (κ2) is 7.62. The third kappa shape index (κ3) is 3.73. The van der Waals surface area contributed by atoms with Gasteiger partial charge in [0.05, 0.1) is 6.04 Å². The average Bonchev–Trinajstić information content (AvgIpc) is 3.32. The molecule has 4 rings (SSSR count). The molecule has 0 bridgehead atoms. The van der Waals surface area contributed by atoms with Crippen LogP contribution in [0.25, 0.3) is 17.5 Å². The van der Waals surface area contributed by atoms with E-state index in [0.717, 1.165) is 31.5 Å². The van der Waals surface area contributed by atoms with Crippen LogP contribution in [0.3, 0.4) is 0 Å². The Morgan fingerprint density at radius 3 is 2.81 bits per heavy atom. The molecule has 3 aromatic rings. The van der Waals surface area contributed by atoms with Gasteiger partial charge in [0.25, 0.3) is 0 Å². The number of aromatic nitrogens is 3. The van der Waals surface area contributed by atoms with E-state index >= 15 is 0 Å². The van der Waals surface area contributed by atoms with Crippen LogP contribution in [-0.2, 0) is 0 Å². The highest BCUT2D eigenvalue weighted by Gasteiger charge is 2.30. The molecule has 1 atom stereocenters. The molecule has 0 amide bonds. The predicted octanol–water partition coefficient (Wildman–Crippen LogP) is 4.37. The first-order valence-corrected chi connectivity index (χ1v) is 9.00. The molecule has 5 nitrogen and oxygen atoms in total. The predicted molar refractivity (Wildman–Crippen MR) is 101 cm³/mol. The summed E-state index contributed by atoms with van der Waals surface area (Å²) in [5, 5.41) is 4.16. The Balaban J connectivity index is 1.49. The van der Waals surface area contributed by atoms with Gasteiger partial charge >= 0.3 is 0 Å². The Morgan fingerprint density at radius 1 is 1.19 bits per heavy atom. The van der Waals surface area contributed by atoms with Gasteiger partial charge in [0.15, 0.2) is 0 Å². The van der Waals surface area contributed by atoms with E-state index in [1.165, 1.54) is 11.1 Å². The van der Waals surface area contributed by atoms with Crippen molar-refractivity contribution < 1.29 is 4.52 Å². The molecule has 0 aliphatic carbocycles. The summed E-state index contributed by atoms with van der Waals surface area (Å²) in [5.74, 6) is 1.34. The first kappa shape index (κ1) is 16.7. The van der Waals surface area contributed by atoms with E-state index in [0.29, 0.717) is 11.7 Å². The van der Waals surface area contributed by atoms with Crippen molar-refractivity contribution in [3.63, 3.8) is 0 Å². The topological polar surface area (TPSA) is 55.1 Å². The van der Waals surface area contributed by atoms with Crippen LogP contribution < -0.4 is 0 Å². The molecule has 2 aromatic heterocycles. The van der Waals surface area contributed by atoms with Crippen molar-refractivity contribution in [3.8, 4) is 11.4 Å². The molecular weight excluding hydrogens is 324 g/mol. The first-order chi connectivity index (χ1) is 12.8. The number of hydrogen-bond acceptors (Lipinski definition) is 5. The summed E-state index contributed by atoms with van der Waals surface area (Å²) >= 11 is 0. The summed E-state index contributed by atoms with van der Waals surface area (Å²) in [7, 11) is 0. The minimum absolute atomic E-state index is 0.192. The Labute approximate surface area is 153 Å². The molecular formula is C21H22N4O. The molecule has 1 aliphatic rings. The van der Waals surface area contributed by atoms with Crippen molar-refractivity contribution in [2.24, 2.45) is 0 Å². The maximum absolute atomic E-state index is 5.59. The zero-order chi connectivity index (χ0) is 17.8. The number of benzene rings is 1. The van der Waals surface area contributed by atoms with Gasteiger partial charge in [0.2, 0.25) is 11.7 Å². The smallest absolute Gasteiger partial charge is 0.244 e. The monoisotopic (exact) mass is 346 g/mol. The van der Waals surface area contributed by atoms with E-state index in [1.807, 2.05) is 18.2 Å². The average molecular weight is 346 g/mol. The maximum Gasteiger partial charge on any atom is 0.244 e. The van der Waals surface area contributed by atoms with E-state index < -0.39 is 0 Å². The number of rotatable bonds is 5. The molecule has 3 heterocycles. The van der Waals surface area contributed by atoms with Gasteiger partial charge in [-0.25, -0.2) is 0 Å². The minimum Gasteiger partial charge on any atom is -0.337 e. The van der Waals surface area contributed by atoms with Crippen LogP contribution in [0, 0.1) is 0 Å². The Hall–Kier alpha value is -2.79. The van der Waals surface area contributed by atoms with Crippen molar-refractivity contribution in [2.75, 3.05) is 13.1 Å². The van der Waals surface area contributed by atoms with Crippen molar-refractivity contribution >= 4 is 6.08 Å². The first-order valence-electron chi connectivity index (χ1n) is 9.00. The normalized spacial score (nSPS) is 18.3. The van der Waals surface area contributed by atoms with E-state index in [9.17, 15) is 0 Å². The molecule has 0 saturated carbocycles. The third-order valence-electron chi connectivity index (χ3n) is 4.69. The lowest BCUT2D eigenvalue weighted by Crippen LogP contribution is -2.25. The van der Waals surface area contributed by atoms with Gasteiger partial charge in [-0.1, -0.05) is 47.1 Å². The third-order valence-corrected chi connectivity index (χ3v) is 4.69. The van der Waals surface area contributed by atoms with Gasteiger partial charge in [0, 0.05) is 24.5 Å². The van der Waals surface area contributed by atoms with Crippen molar-refractivity contribution in [3.05, 3.63) is 71.9 Å². The largest absolute Gasteiger partial charge is 0.337 e. The molecule has 1 aromatic carbocycles. The number of hydrogen-bond donors (Lipinski definition) is 0. The zero-order valence-electron chi connectivity index (χ0n) is 14.9. The molecule has 0 radical (unpaired) electrons. The summed E-state index contributed by atoms with van der Waals surface area (Å²) in [6.07, 6.45) is 7.92. The van der Waals surface area contributed by atoms with Crippen LogP contribution in [0.4, 0.5) is 0 Å². The fourth-order valence-electron chi connectivity index (χ4n) is 3.48. The van der Waals surface area contributed by atoms with Crippen molar-refractivity contribution in [1.82, 2.24) is 20.0 Å². The molecule has 0 N–H and O–H groups in total. The van der Waals surface area contributed by atoms with Gasteiger partial charge in [-0.3, -0.25) is 9.88 Å². The number of pyridine rings is 1. The fraction of sp³-hybridized carbons (Fsp3) is 0.286. The van der Waals surface area contributed by atoms with Crippen LogP contribution in [0.15, 0.2) is 65.0 Å². The molecule has 1 unspecified atom stereocenters. The van der Waals surface area contributed by atoms with E-state index in [1.54, 1.807) is 12.4 Å². The number of nitrogens with zero attached hydrogens (tertiary/aromatic N) is 4. The van der Waals surface area contributed by atoms with Crippen LogP contribution in [0.5, 0.6) is 0 Å². The quantitative estimate of drug-likeness (QED) is 0.686. The minimum atomic E-state index is 0.192. The highest BCUT2D eigenvalue weighted by atomic mass is 16.5. The van der Waals surface area contributed by atoms with Crippen molar-refractivity contribution in [2.45, 2.75) is 25.8 Å².